The summed E-state index contributed by atoms with van der Waals surface area (Å²) in [5.74, 6) is 0.661. The maximum atomic E-state index is 5.04. The fraction of sp³-hybridized carbons (Fsp3) is 0.714. The van der Waals surface area contributed by atoms with Gasteiger partial charge < -0.3 is 4.84 Å². The molecule has 0 spiro atoms. The van der Waals surface area contributed by atoms with Gasteiger partial charge in [0, 0.05) is 13.6 Å². The quantitative estimate of drug-likeness (QED) is 0.576. The highest BCUT2D eigenvalue weighted by Gasteiger charge is 2.12. The molecule has 0 N–H and O–H groups in total. The summed E-state index contributed by atoms with van der Waals surface area (Å²) in [4.78, 5) is 5.04. The molecule has 0 aromatic carbocycles. The van der Waals surface area contributed by atoms with Crippen LogP contribution in [0.25, 0.3) is 0 Å². The van der Waals surface area contributed by atoms with Crippen molar-refractivity contribution in [2.24, 2.45) is 5.92 Å². The topological polar surface area (TPSA) is 15.7 Å². The van der Waals surface area contributed by atoms with E-state index in [1.165, 1.54) is 0 Å². The maximum Gasteiger partial charge on any atom is 0.131 e. The Balaban J connectivity index is 2.33. The Morgan fingerprint density at radius 3 is 2.60 bits per heavy atom. The fourth-order valence-corrected chi connectivity index (χ4v) is 0.890. The molecule has 0 fully saturated rings. The van der Waals surface area contributed by atoms with Crippen LogP contribution in [0.1, 0.15) is 13.8 Å². The van der Waals surface area contributed by atoms with Gasteiger partial charge in [0.05, 0.1) is 6.20 Å². The Bertz CT molecular complexity index is 134. The average Bonchev–Trinajstić information content (AvgIpc) is 2.15. The van der Waals surface area contributed by atoms with Crippen LogP contribution in [0.2, 0.25) is 0 Å². The lowest BCUT2D eigenvalue weighted by atomic mass is 10.2. The first-order chi connectivity index (χ1) is 4.70. The highest BCUT2D eigenvalue weighted by atomic mass is 16.7. The Labute approximate surface area is 61.8 Å². The zero-order valence-corrected chi connectivity index (χ0v) is 6.74. The molecule has 0 aromatic rings. The van der Waals surface area contributed by atoms with Crippen molar-refractivity contribution in [1.29, 1.82) is 0 Å². The van der Waals surface area contributed by atoms with Gasteiger partial charge >= 0.3 is 0 Å². The van der Waals surface area contributed by atoms with Crippen molar-refractivity contribution in [3.8, 4) is 0 Å². The van der Waals surface area contributed by atoms with E-state index in [0.29, 0.717) is 5.92 Å². The van der Waals surface area contributed by atoms with Gasteiger partial charge in [-0.2, -0.15) is 0 Å². The van der Waals surface area contributed by atoms with E-state index in [-0.39, 0.29) is 0 Å². The van der Waals surface area contributed by atoms with Gasteiger partial charge in [0.25, 0.3) is 0 Å². The summed E-state index contributed by atoms with van der Waals surface area (Å²) in [5.41, 5.74) is 0. The second kappa shape index (κ2) is 2.92. The number of hydrazine groups is 1. The summed E-state index contributed by atoms with van der Waals surface area (Å²) < 4.78 is 0. The van der Waals surface area contributed by atoms with Crippen LogP contribution in [0.3, 0.4) is 0 Å². The predicted molar refractivity (Wildman–Crippen MR) is 39.5 cm³/mol. The molecule has 1 aliphatic rings. The van der Waals surface area contributed by atoms with Crippen LogP contribution in [-0.4, -0.2) is 23.8 Å². The van der Waals surface area contributed by atoms with Crippen molar-refractivity contribution in [1.82, 2.24) is 10.2 Å². The van der Waals surface area contributed by atoms with E-state index in [1.54, 1.807) is 11.4 Å². The minimum absolute atomic E-state index is 0.661. The van der Waals surface area contributed by atoms with Gasteiger partial charge in [0.15, 0.2) is 0 Å². The molecular formula is C7H14N2O. The Morgan fingerprint density at radius 2 is 2.20 bits per heavy atom. The zero-order chi connectivity index (χ0) is 7.56. The minimum Gasteiger partial charge on any atom is -0.393 e. The molecule has 0 radical (unpaired) electrons. The summed E-state index contributed by atoms with van der Waals surface area (Å²) in [6, 6.07) is 0. The highest BCUT2D eigenvalue weighted by molar-refractivity contribution is 4.76. The summed E-state index contributed by atoms with van der Waals surface area (Å²) in [7, 11) is 1.89. The molecule has 0 bridgehead atoms. The lowest BCUT2D eigenvalue weighted by molar-refractivity contribution is -0.185. The van der Waals surface area contributed by atoms with Crippen molar-refractivity contribution in [3.63, 3.8) is 0 Å². The first-order valence-electron chi connectivity index (χ1n) is 3.54. The molecule has 10 heavy (non-hydrogen) atoms. The molecule has 58 valence electrons. The van der Waals surface area contributed by atoms with Crippen LogP contribution in [0.4, 0.5) is 0 Å². The van der Waals surface area contributed by atoms with Crippen LogP contribution in [0.5, 0.6) is 0 Å². The third-order valence-electron chi connectivity index (χ3n) is 1.36. The molecule has 1 rings (SSSR count). The van der Waals surface area contributed by atoms with Crippen LogP contribution >= 0.6 is 0 Å². The Kier molecular flexibility index (Phi) is 2.17. The van der Waals surface area contributed by atoms with Crippen LogP contribution in [0.15, 0.2) is 12.5 Å². The molecule has 0 unspecified atom stereocenters. The molecule has 0 amide bonds. The van der Waals surface area contributed by atoms with Crippen LogP contribution < -0.4 is 0 Å². The van der Waals surface area contributed by atoms with Gasteiger partial charge in [0.2, 0.25) is 0 Å². The molecule has 0 atom stereocenters. The van der Waals surface area contributed by atoms with Crippen molar-refractivity contribution >= 4 is 0 Å². The van der Waals surface area contributed by atoms with Crippen molar-refractivity contribution < 1.29 is 4.84 Å². The minimum atomic E-state index is 0.661. The standard InChI is InChI=1S/C7H14N2O/c1-7(2)6-9-4-5-10-8(9)3/h4-5,7H,6H2,1-3H3. The van der Waals surface area contributed by atoms with Crippen LogP contribution in [-0.2, 0) is 4.84 Å². The smallest absolute Gasteiger partial charge is 0.131 e. The lowest BCUT2D eigenvalue weighted by Crippen LogP contribution is -2.33. The third kappa shape index (κ3) is 1.64. The van der Waals surface area contributed by atoms with Gasteiger partial charge in [0.1, 0.15) is 6.26 Å². The van der Waals surface area contributed by atoms with E-state index in [0.717, 1.165) is 6.54 Å². The third-order valence-corrected chi connectivity index (χ3v) is 1.36. The number of hydroxylamine groups is 1. The van der Waals surface area contributed by atoms with E-state index in [4.69, 9.17) is 4.84 Å². The number of rotatable bonds is 2. The molecule has 0 aliphatic carbocycles. The molecule has 0 saturated carbocycles. The van der Waals surface area contributed by atoms with Gasteiger partial charge in [-0.15, -0.1) is 0 Å². The second-order valence-corrected chi connectivity index (χ2v) is 2.87. The summed E-state index contributed by atoms with van der Waals surface area (Å²) in [5, 5.41) is 3.75. The largest absolute Gasteiger partial charge is 0.393 e. The molecule has 0 aromatic heterocycles. The van der Waals surface area contributed by atoms with Gasteiger partial charge in [-0.3, -0.25) is 5.01 Å². The van der Waals surface area contributed by atoms with Crippen molar-refractivity contribution in [3.05, 3.63) is 12.5 Å². The molecular weight excluding hydrogens is 128 g/mol. The fourth-order valence-electron chi connectivity index (χ4n) is 0.890. The first kappa shape index (κ1) is 7.41. The SMILES string of the molecule is CC(C)CN1C=CON1C. The van der Waals surface area contributed by atoms with Gasteiger partial charge in [-0.25, -0.2) is 0 Å². The van der Waals surface area contributed by atoms with E-state index in [2.05, 4.69) is 13.8 Å². The predicted octanol–water partition coefficient (Wildman–Crippen LogP) is 1.21. The maximum absolute atomic E-state index is 5.04. The van der Waals surface area contributed by atoms with Crippen molar-refractivity contribution in [2.75, 3.05) is 13.6 Å². The van der Waals surface area contributed by atoms with E-state index >= 15 is 0 Å². The Morgan fingerprint density at radius 1 is 1.50 bits per heavy atom. The number of hydrogen-bond acceptors (Lipinski definition) is 3. The second-order valence-electron chi connectivity index (χ2n) is 2.87. The van der Waals surface area contributed by atoms with Gasteiger partial charge in [-0.1, -0.05) is 19.0 Å². The monoisotopic (exact) mass is 142 g/mol. The normalized spacial score (nSPS) is 18.6. The Hall–Kier alpha value is -0.700. The molecule has 1 heterocycles. The summed E-state index contributed by atoms with van der Waals surface area (Å²) in [6.45, 7) is 5.37. The first-order valence-corrected chi connectivity index (χ1v) is 3.54. The molecule has 1 aliphatic heterocycles. The highest BCUT2D eigenvalue weighted by Crippen LogP contribution is 2.08. The van der Waals surface area contributed by atoms with Crippen LogP contribution in [0, 0.1) is 5.92 Å². The van der Waals surface area contributed by atoms with E-state index in [9.17, 15) is 0 Å². The average molecular weight is 142 g/mol. The van der Waals surface area contributed by atoms with E-state index in [1.807, 2.05) is 18.3 Å². The van der Waals surface area contributed by atoms with Crippen molar-refractivity contribution in [2.45, 2.75) is 13.8 Å². The van der Waals surface area contributed by atoms with E-state index < -0.39 is 0 Å². The zero-order valence-electron chi connectivity index (χ0n) is 6.74. The number of hydrogen-bond donors (Lipinski definition) is 0. The lowest BCUT2D eigenvalue weighted by Gasteiger charge is -2.23. The molecule has 3 heteroatoms. The van der Waals surface area contributed by atoms with Gasteiger partial charge in [-0.05, 0) is 5.92 Å². The molecule has 0 saturated heterocycles. The summed E-state index contributed by atoms with van der Waals surface area (Å²) >= 11 is 0. The summed E-state index contributed by atoms with van der Waals surface area (Å²) in [6.07, 6.45) is 3.61. The number of nitrogens with zero attached hydrogens (tertiary/aromatic N) is 2. The molecule has 3 nitrogen and oxygen atoms in total.